The molecule has 9 nitrogen and oxygen atoms in total. The van der Waals surface area contributed by atoms with Gasteiger partial charge in [0, 0.05) is 48.8 Å². The first-order chi connectivity index (χ1) is 13.7. The number of amides is 2. The summed E-state index contributed by atoms with van der Waals surface area (Å²) >= 11 is 0. The Balaban J connectivity index is 1.47. The topological polar surface area (TPSA) is 125 Å². The SMILES string of the molecule is CC(=O)NC(C)(C)CNC1CCC(c2cc(NC(=O)Cc3cc(C)no3)n[nH]2)C1. The standard InChI is InChI=1S/C20H30N6O3/c1-12-7-16(29-26-12)9-19(28)22-18-10-17(24-25-18)14-5-6-15(8-14)21-11-20(3,4)23-13(2)27/h7,10,14-15,21H,5-6,8-9,11H2,1-4H3,(H,23,27)(H2,22,24,25,28). The van der Waals surface area contributed by atoms with Gasteiger partial charge in [-0.1, -0.05) is 5.16 Å². The van der Waals surface area contributed by atoms with E-state index in [2.05, 4.69) is 31.3 Å². The van der Waals surface area contributed by atoms with E-state index in [1.807, 2.05) is 26.8 Å². The second-order valence-electron chi connectivity index (χ2n) is 8.52. The smallest absolute Gasteiger partial charge is 0.233 e. The minimum atomic E-state index is -0.280. The summed E-state index contributed by atoms with van der Waals surface area (Å²) in [4.78, 5) is 23.4. The number of carbonyl (C=O) groups excluding carboxylic acids is 2. The molecule has 0 saturated heterocycles. The lowest BCUT2D eigenvalue weighted by molar-refractivity contribution is -0.120. The third kappa shape index (κ3) is 6.15. The summed E-state index contributed by atoms with van der Waals surface area (Å²) in [5, 5.41) is 20.4. The Morgan fingerprint density at radius 3 is 2.79 bits per heavy atom. The monoisotopic (exact) mass is 402 g/mol. The van der Waals surface area contributed by atoms with Crippen molar-refractivity contribution in [1.82, 2.24) is 26.0 Å². The van der Waals surface area contributed by atoms with E-state index >= 15 is 0 Å². The predicted molar refractivity (Wildman–Crippen MR) is 108 cm³/mol. The summed E-state index contributed by atoms with van der Waals surface area (Å²) < 4.78 is 5.07. The highest BCUT2D eigenvalue weighted by Crippen LogP contribution is 2.34. The van der Waals surface area contributed by atoms with Crippen molar-refractivity contribution in [2.24, 2.45) is 0 Å². The van der Waals surface area contributed by atoms with E-state index in [4.69, 9.17) is 4.52 Å². The van der Waals surface area contributed by atoms with Gasteiger partial charge in [0.15, 0.2) is 5.82 Å². The molecule has 2 aromatic heterocycles. The van der Waals surface area contributed by atoms with Crippen LogP contribution in [-0.4, -0.2) is 45.3 Å². The van der Waals surface area contributed by atoms with Gasteiger partial charge < -0.3 is 20.5 Å². The molecular formula is C20H30N6O3. The molecule has 0 aliphatic heterocycles. The molecule has 2 atom stereocenters. The van der Waals surface area contributed by atoms with Gasteiger partial charge in [0.25, 0.3) is 0 Å². The highest BCUT2D eigenvalue weighted by atomic mass is 16.5. The van der Waals surface area contributed by atoms with Gasteiger partial charge in [-0.15, -0.1) is 0 Å². The maximum absolute atomic E-state index is 12.1. The van der Waals surface area contributed by atoms with Gasteiger partial charge in [-0.25, -0.2) is 0 Å². The maximum atomic E-state index is 12.1. The number of hydrogen-bond donors (Lipinski definition) is 4. The van der Waals surface area contributed by atoms with Gasteiger partial charge in [0.1, 0.15) is 5.76 Å². The molecule has 0 radical (unpaired) electrons. The molecule has 29 heavy (non-hydrogen) atoms. The number of H-pyrrole nitrogens is 1. The van der Waals surface area contributed by atoms with Crippen molar-refractivity contribution in [1.29, 1.82) is 0 Å². The first kappa shape index (κ1) is 21.0. The lowest BCUT2D eigenvalue weighted by Crippen LogP contribution is -2.51. The number of hydrogen-bond acceptors (Lipinski definition) is 6. The summed E-state index contributed by atoms with van der Waals surface area (Å²) in [6.07, 6.45) is 3.23. The Kier molecular flexibility index (Phi) is 6.36. The van der Waals surface area contributed by atoms with E-state index in [0.29, 0.717) is 23.5 Å². The van der Waals surface area contributed by atoms with Crippen molar-refractivity contribution in [3.63, 3.8) is 0 Å². The molecule has 9 heteroatoms. The molecule has 0 spiro atoms. The van der Waals surface area contributed by atoms with Crippen LogP contribution in [0.2, 0.25) is 0 Å². The van der Waals surface area contributed by atoms with E-state index < -0.39 is 0 Å². The summed E-state index contributed by atoms with van der Waals surface area (Å²) in [7, 11) is 0. The lowest BCUT2D eigenvalue weighted by atomic mass is 10.0. The van der Waals surface area contributed by atoms with Crippen molar-refractivity contribution < 1.29 is 14.1 Å². The van der Waals surface area contributed by atoms with Crippen LogP contribution in [0.15, 0.2) is 16.7 Å². The van der Waals surface area contributed by atoms with Crippen molar-refractivity contribution in [3.05, 3.63) is 29.3 Å². The van der Waals surface area contributed by atoms with E-state index in [-0.39, 0.29) is 23.8 Å². The molecule has 0 bridgehead atoms. The Bertz CT molecular complexity index is 856. The fourth-order valence-electron chi connectivity index (χ4n) is 3.82. The second-order valence-corrected chi connectivity index (χ2v) is 8.52. The third-order valence-electron chi connectivity index (χ3n) is 5.10. The first-order valence-electron chi connectivity index (χ1n) is 10.00. The van der Waals surface area contributed by atoms with Crippen LogP contribution >= 0.6 is 0 Å². The van der Waals surface area contributed by atoms with Gasteiger partial charge in [0.2, 0.25) is 11.8 Å². The van der Waals surface area contributed by atoms with Crippen molar-refractivity contribution in [2.45, 2.75) is 70.9 Å². The van der Waals surface area contributed by atoms with Crippen LogP contribution in [0, 0.1) is 6.92 Å². The van der Waals surface area contributed by atoms with Crippen LogP contribution in [0.1, 0.15) is 63.1 Å². The molecule has 0 aromatic carbocycles. The molecule has 1 aliphatic carbocycles. The minimum Gasteiger partial charge on any atom is -0.361 e. The number of aryl methyl sites for hydroxylation is 1. The van der Waals surface area contributed by atoms with Gasteiger partial charge in [-0.3, -0.25) is 14.7 Å². The molecule has 158 valence electrons. The number of aromatic amines is 1. The predicted octanol–water partition coefficient (Wildman–Crippen LogP) is 2.03. The highest BCUT2D eigenvalue weighted by molar-refractivity contribution is 5.91. The zero-order valence-corrected chi connectivity index (χ0v) is 17.5. The molecule has 1 fully saturated rings. The normalized spacial score (nSPS) is 19.3. The number of anilines is 1. The fourth-order valence-corrected chi connectivity index (χ4v) is 3.82. The number of nitrogens with zero attached hydrogens (tertiary/aromatic N) is 2. The number of rotatable bonds is 8. The van der Waals surface area contributed by atoms with E-state index in [1.165, 1.54) is 6.92 Å². The zero-order chi connectivity index (χ0) is 21.0. The van der Waals surface area contributed by atoms with Crippen LogP contribution in [0.3, 0.4) is 0 Å². The largest absolute Gasteiger partial charge is 0.361 e. The first-order valence-corrected chi connectivity index (χ1v) is 10.00. The molecule has 2 heterocycles. The molecule has 4 N–H and O–H groups in total. The molecule has 2 amide bonds. The average Bonchev–Trinajstić information content (AvgIpc) is 3.33. The summed E-state index contributed by atoms with van der Waals surface area (Å²) in [6.45, 7) is 8.09. The lowest BCUT2D eigenvalue weighted by Gasteiger charge is -2.28. The molecule has 1 saturated carbocycles. The fraction of sp³-hybridized carbons (Fsp3) is 0.600. The van der Waals surface area contributed by atoms with Crippen LogP contribution in [-0.2, 0) is 16.0 Å². The molecule has 2 unspecified atom stereocenters. The molecule has 2 aromatic rings. The van der Waals surface area contributed by atoms with E-state index in [1.54, 1.807) is 6.07 Å². The van der Waals surface area contributed by atoms with Gasteiger partial charge in [-0.2, -0.15) is 5.10 Å². The van der Waals surface area contributed by atoms with Gasteiger partial charge in [0.05, 0.1) is 12.1 Å². The Morgan fingerprint density at radius 1 is 1.31 bits per heavy atom. The minimum absolute atomic E-state index is 0.0217. The summed E-state index contributed by atoms with van der Waals surface area (Å²) in [5.41, 5.74) is 1.50. The quantitative estimate of drug-likeness (QED) is 0.535. The summed E-state index contributed by atoms with van der Waals surface area (Å²) in [6, 6.07) is 4.04. The van der Waals surface area contributed by atoms with E-state index in [9.17, 15) is 9.59 Å². The zero-order valence-electron chi connectivity index (χ0n) is 17.5. The molecular weight excluding hydrogens is 372 g/mol. The van der Waals surface area contributed by atoms with Crippen LogP contribution in [0.5, 0.6) is 0 Å². The second kappa shape index (κ2) is 8.77. The molecule has 1 aliphatic rings. The maximum Gasteiger partial charge on any atom is 0.233 e. The number of nitrogens with one attached hydrogen (secondary N) is 4. The molecule has 3 rings (SSSR count). The van der Waals surface area contributed by atoms with Crippen molar-refractivity contribution in [3.8, 4) is 0 Å². The summed E-state index contributed by atoms with van der Waals surface area (Å²) in [5.74, 6) is 1.20. The van der Waals surface area contributed by atoms with Crippen molar-refractivity contribution >= 4 is 17.6 Å². The van der Waals surface area contributed by atoms with Crippen LogP contribution in [0.25, 0.3) is 0 Å². The average molecular weight is 402 g/mol. The highest BCUT2D eigenvalue weighted by Gasteiger charge is 2.29. The van der Waals surface area contributed by atoms with Crippen molar-refractivity contribution in [2.75, 3.05) is 11.9 Å². The number of carbonyl (C=O) groups is 2. The van der Waals surface area contributed by atoms with Gasteiger partial charge in [-0.05, 0) is 40.0 Å². The van der Waals surface area contributed by atoms with Crippen LogP contribution < -0.4 is 16.0 Å². The van der Waals surface area contributed by atoms with Crippen LogP contribution in [0.4, 0.5) is 5.82 Å². The Morgan fingerprint density at radius 2 is 2.10 bits per heavy atom. The Hall–Kier alpha value is -2.68. The van der Waals surface area contributed by atoms with Gasteiger partial charge >= 0.3 is 0 Å². The van der Waals surface area contributed by atoms with E-state index in [0.717, 1.165) is 37.2 Å². The third-order valence-corrected chi connectivity index (χ3v) is 5.10. The number of aromatic nitrogens is 3. The Labute approximate surface area is 170 Å².